The van der Waals surface area contributed by atoms with Gasteiger partial charge in [0.2, 0.25) is 6.04 Å². The highest BCUT2D eigenvalue weighted by Gasteiger charge is 2.23. The van der Waals surface area contributed by atoms with Crippen molar-refractivity contribution in [2.75, 3.05) is 0 Å². The summed E-state index contributed by atoms with van der Waals surface area (Å²) in [5.74, 6) is 1.79. The van der Waals surface area contributed by atoms with E-state index in [9.17, 15) is 9.59 Å². The van der Waals surface area contributed by atoms with Crippen molar-refractivity contribution in [2.45, 2.75) is 39.2 Å². The second-order valence-electron chi connectivity index (χ2n) is 5.90. The summed E-state index contributed by atoms with van der Waals surface area (Å²) in [6.07, 6.45) is 1.33. The van der Waals surface area contributed by atoms with Crippen LogP contribution in [-0.2, 0) is 20.9 Å². The maximum absolute atomic E-state index is 12.0. The van der Waals surface area contributed by atoms with Crippen LogP contribution in [0.5, 0.6) is 0 Å². The Morgan fingerprint density at radius 1 is 1.25 bits per heavy atom. The van der Waals surface area contributed by atoms with Crippen molar-refractivity contribution in [3.63, 3.8) is 0 Å². The van der Waals surface area contributed by atoms with Gasteiger partial charge < -0.3 is 4.74 Å². The van der Waals surface area contributed by atoms with Gasteiger partial charge in [0.15, 0.2) is 5.78 Å². The zero-order valence-corrected chi connectivity index (χ0v) is 15.8. The first kappa shape index (κ1) is 21.5. The maximum atomic E-state index is 12.0. The van der Waals surface area contributed by atoms with Gasteiger partial charge in [-0.05, 0) is 12.5 Å². The number of aliphatic imine (C=N–C) groups is 1. The summed E-state index contributed by atoms with van der Waals surface area (Å²) in [5, 5.41) is 0. The molecular weight excluding hydrogens is 318 g/mol. The molecule has 4 nitrogen and oxygen atoms in total. The Bertz CT molecular complexity index is 621. The molecule has 0 amide bonds. The molecule has 0 bridgehead atoms. The molecule has 0 aromatic heterocycles. The molecule has 0 aliphatic heterocycles. The maximum Gasteiger partial charge on any atom is 0.338 e. The van der Waals surface area contributed by atoms with Gasteiger partial charge in [0, 0.05) is 0 Å². The van der Waals surface area contributed by atoms with Crippen LogP contribution in [0, 0.1) is 11.5 Å². The lowest BCUT2D eigenvalue weighted by Crippen LogP contribution is -2.28. The van der Waals surface area contributed by atoms with Crippen LogP contribution in [0.1, 0.15) is 12.5 Å². The first-order valence-corrected chi connectivity index (χ1v) is 11.0. The van der Waals surface area contributed by atoms with Crippen LogP contribution >= 0.6 is 0 Å². The molecule has 0 saturated carbocycles. The summed E-state index contributed by atoms with van der Waals surface area (Å²) >= 11 is 0. The smallest absolute Gasteiger partial charge is 0.338 e. The van der Waals surface area contributed by atoms with Crippen molar-refractivity contribution < 1.29 is 14.3 Å². The zero-order valence-electron chi connectivity index (χ0n) is 14.8. The molecule has 1 unspecified atom stereocenters. The van der Waals surface area contributed by atoms with E-state index in [1.165, 1.54) is 13.1 Å². The van der Waals surface area contributed by atoms with Crippen molar-refractivity contribution >= 4 is 26.0 Å². The molecule has 1 aromatic rings. The average molecular weight is 343 g/mol. The van der Waals surface area contributed by atoms with Gasteiger partial charge in [0.25, 0.3) is 0 Å². The Labute approximate surface area is 145 Å². The van der Waals surface area contributed by atoms with Crippen LogP contribution in [0.3, 0.4) is 0 Å². The van der Waals surface area contributed by atoms with E-state index in [4.69, 9.17) is 4.74 Å². The van der Waals surface area contributed by atoms with Gasteiger partial charge in [-0.25, -0.2) is 4.79 Å². The van der Waals surface area contributed by atoms with Crippen molar-refractivity contribution in [1.29, 1.82) is 0 Å². The molecule has 128 valence electrons. The van der Waals surface area contributed by atoms with E-state index in [0.717, 1.165) is 5.56 Å². The minimum Gasteiger partial charge on any atom is -0.459 e. The van der Waals surface area contributed by atoms with Gasteiger partial charge in [0.05, 0.1) is 6.21 Å². The van der Waals surface area contributed by atoms with Crippen molar-refractivity contribution in [1.82, 2.24) is 0 Å². The van der Waals surface area contributed by atoms with Crippen molar-refractivity contribution in [2.24, 2.45) is 4.99 Å². The van der Waals surface area contributed by atoms with Crippen LogP contribution in [0.15, 0.2) is 48.5 Å². The number of carbonyl (C=O) groups is 2. The number of ether oxygens (including phenoxy) is 1. The molecule has 5 heteroatoms. The molecule has 1 atom stereocenters. The van der Waals surface area contributed by atoms with Crippen LogP contribution < -0.4 is 0 Å². The number of esters is 1. The Morgan fingerprint density at radius 2 is 1.83 bits per heavy atom. The SMILES string of the molecule is C=C.CC(=O)C(N=CC#C[Si](C)(C)C)C(=O)OCc1ccccc1. The van der Waals surface area contributed by atoms with E-state index in [2.05, 4.69) is 49.3 Å². The highest BCUT2D eigenvalue weighted by molar-refractivity contribution is 6.84. The Morgan fingerprint density at radius 3 is 2.33 bits per heavy atom. The second kappa shape index (κ2) is 11.1. The zero-order chi connectivity index (χ0) is 18.6. The fraction of sp³-hybridized carbons (Fsp3) is 0.316. The lowest BCUT2D eigenvalue weighted by molar-refractivity contribution is -0.148. The number of nitrogens with zero attached hydrogens (tertiary/aromatic N) is 1. The summed E-state index contributed by atoms with van der Waals surface area (Å²) in [7, 11) is -1.50. The molecule has 0 radical (unpaired) electrons. The monoisotopic (exact) mass is 343 g/mol. The highest BCUT2D eigenvalue weighted by Crippen LogP contribution is 2.04. The topological polar surface area (TPSA) is 55.7 Å². The molecule has 0 heterocycles. The minimum absolute atomic E-state index is 0.125. The molecule has 24 heavy (non-hydrogen) atoms. The van der Waals surface area contributed by atoms with Crippen LogP contribution in [0.25, 0.3) is 0 Å². The third kappa shape index (κ3) is 9.54. The first-order chi connectivity index (χ1) is 11.3. The van der Waals surface area contributed by atoms with Gasteiger partial charge in [-0.1, -0.05) is 55.9 Å². The predicted octanol–water partition coefficient (Wildman–Crippen LogP) is 3.44. The molecule has 0 N–H and O–H groups in total. The third-order valence-corrected chi connectivity index (χ3v) is 3.46. The van der Waals surface area contributed by atoms with Crippen molar-refractivity contribution in [3.05, 3.63) is 49.1 Å². The number of benzene rings is 1. The van der Waals surface area contributed by atoms with E-state index in [1.54, 1.807) is 0 Å². The Kier molecular flexibility index (Phi) is 10.0. The van der Waals surface area contributed by atoms with Crippen LogP contribution in [0.2, 0.25) is 19.6 Å². The number of ketones is 1. The number of hydrogen-bond donors (Lipinski definition) is 0. The van der Waals surface area contributed by atoms with E-state index in [1.807, 2.05) is 30.3 Å². The largest absolute Gasteiger partial charge is 0.459 e. The summed E-state index contributed by atoms with van der Waals surface area (Å²) in [6, 6.07) is 8.15. The third-order valence-electron chi connectivity index (χ3n) is 2.57. The normalized spacial score (nSPS) is 11.5. The van der Waals surface area contributed by atoms with E-state index >= 15 is 0 Å². The van der Waals surface area contributed by atoms with E-state index in [-0.39, 0.29) is 12.4 Å². The summed E-state index contributed by atoms with van der Waals surface area (Å²) in [4.78, 5) is 27.4. The minimum atomic E-state index is -1.50. The van der Waals surface area contributed by atoms with Gasteiger partial charge >= 0.3 is 5.97 Å². The van der Waals surface area contributed by atoms with Gasteiger partial charge in [-0.2, -0.15) is 0 Å². The number of Topliss-reactive ketones (excluding diaryl/α,β-unsaturated/α-hetero) is 1. The molecule has 1 aromatic carbocycles. The molecule has 0 spiro atoms. The standard InChI is InChI=1S/C17H21NO3Si.C2H4/c1-14(19)16(18-11-8-12-22(2,3)4)17(20)21-13-15-9-6-5-7-10-15;1-2/h5-7,9-11,16H,13H2,1-4H3;1-2H2. The number of hydrogen-bond acceptors (Lipinski definition) is 4. The quantitative estimate of drug-likeness (QED) is 0.205. The summed E-state index contributed by atoms with van der Waals surface area (Å²) in [6.45, 7) is 13.7. The van der Waals surface area contributed by atoms with Crippen LogP contribution in [-0.4, -0.2) is 32.1 Å². The first-order valence-electron chi connectivity index (χ1n) is 7.55. The molecule has 0 aliphatic carbocycles. The number of carbonyl (C=O) groups excluding carboxylic acids is 2. The summed E-state index contributed by atoms with van der Waals surface area (Å²) in [5.41, 5.74) is 3.95. The molecule has 0 saturated heterocycles. The average Bonchev–Trinajstić information content (AvgIpc) is 2.54. The van der Waals surface area contributed by atoms with E-state index in [0.29, 0.717) is 0 Å². The fourth-order valence-electron chi connectivity index (χ4n) is 1.50. The van der Waals surface area contributed by atoms with Gasteiger partial charge in [0.1, 0.15) is 14.7 Å². The lowest BCUT2D eigenvalue weighted by Gasteiger charge is -2.09. The lowest BCUT2D eigenvalue weighted by atomic mass is 10.2. The van der Waals surface area contributed by atoms with Crippen LogP contribution in [0.4, 0.5) is 0 Å². The molecule has 1 rings (SSSR count). The second-order valence-corrected chi connectivity index (χ2v) is 10.7. The van der Waals surface area contributed by atoms with Crippen molar-refractivity contribution in [3.8, 4) is 11.5 Å². The molecule has 0 aliphatic rings. The highest BCUT2D eigenvalue weighted by atomic mass is 28.3. The van der Waals surface area contributed by atoms with Gasteiger partial charge in [-0.15, -0.1) is 18.7 Å². The Hall–Kier alpha value is -2.45. The van der Waals surface area contributed by atoms with E-state index < -0.39 is 20.1 Å². The summed E-state index contributed by atoms with van der Waals surface area (Å²) < 4.78 is 5.14. The van der Waals surface area contributed by atoms with Gasteiger partial charge in [-0.3, -0.25) is 9.79 Å². The number of rotatable bonds is 5. The predicted molar refractivity (Wildman–Crippen MR) is 102 cm³/mol. The molecular formula is C19H25NO3Si. The fourth-order valence-corrected chi connectivity index (χ4v) is 2.00. The Balaban J connectivity index is 0.00000254. The molecule has 0 fully saturated rings.